The molecule has 150 heavy (non-hydrogen) atoms. The van der Waals surface area contributed by atoms with E-state index < -0.39 is 0 Å². The first-order chi connectivity index (χ1) is 73.6. The number of rotatable bonds is 120. The maximum Gasteiger partial charge on any atom is 0.307 e. The molecule has 0 aliphatic rings. The number of nitrogens with one attached hydrogen (secondary N) is 3. The second-order valence-corrected chi connectivity index (χ2v) is 50.4. The molecule has 3 N–H and O–H groups in total. The first-order valence-electron chi connectivity index (χ1n) is 62.5. The van der Waals surface area contributed by atoms with Gasteiger partial charge >= 0.3 is 35.8 Å². The van der Waals surface area contributed by atoms with Crippen molar-refractivity contribution >= 4 is 135 Å². The first-order valence-corrected chi connectivity index (χ1v) is 70.0. The van der Waals surface area contributed by atoms with Crippen molar-refractivity contribution in [3.63, 3.8) is 0 Å². The number of hydrogen-bond acceptors (Lipinski definition) is 24. The molecule has 0 saturated carbocycles. The molecule has 1 rings (SSSR count). The highest BCUT2D eigenvalue weighted by atomic mass is 33.1. The van der Waals surface area contributed by atoms with Crippen LogP contribution in [0.3, 0.4) is 0 Å². The second-order valence-electron chi connectivity index (χ2n) is 42.3. The predicted octanol–water partition coefficient (Wildman–Crippen LogP) is 35.5. The van der Waals surface area contributed by atoms with Crippen LogP contribution in [0.5, 0.6) is 0 Å². The molecule has 27 heteroatoms. The Balaban J connectivity index is 3.26. The van der Waals surface area contributed by atoms with Crippen LogP contribution in [0.2, 0.25) is 0 Å². The van der Waals surface area contributed by atoms with Crippen LogP contribution in [-0.2, 0) is 71.6 Å². The maximum absolute atomic E-state index is 13.9. The molecule has 3 amide bonds. The van der Waals surface area contributed by atoms with Crippen LogP contribution in [0.25, 0.3) is 0 Å². The highest BCUT2D eigenvalue weighted by Crippen LogP contribution is 2.30. The van der Waals surface area contributed by atoms with Crippen molar-refractivity contribution in [2.75, 3.05) is 149 Å². The Labute approximate surface area is 943 Å². The van der Waals surface area contributed by atoms with Gasteiger partial charge in [0, 0.05) is 130 Å². The predicted molar refractivity (Wildman–Crippen MR) is 650 cm³/mol. The molecule has 21 nitrogen and oxygen atoms in total. The summed E-state index contributed by atoms with van der Waals surface area (Å²) in [6, 6.07) is 5.11. The summed E-state index contributed by atoms with van der Waals surface area (Å²) in [5.41, 5.74) is 1.23. The average molecular weight is 2220 g/mol. The molecule has 0 saturated heterocycles. The topological polar surface area (TPSA) is 255 Å². The zero-order valence-corrected chi connectivity index (χ0v) is 102. The number of amides is 3. The minimum absolute atomic E-state index is 0.186. The van der Waals surface area contributed by atoms with E-state index in [0.29, 0.717) is 150 Å². The smallest absolute Gasteiger partial charge is 0.307 e. The molecular weight excluding hydrogens is 1990 g/mol. The Morgan fingerprint density at radius 1 is 0.173 bits per heavy atom. The first kappa shape index (κ1) is 144. The van der Waals surface area contributed by atoms with Gasteiger partial charge in [-0.25, -0.2) is 0 Å². The van der Waals surface area contributed by atoms with Crippen molar-refractivity contribution in [3.05, 3.63) is 18.2 Å². The fourth-order valence-corrected chi connectivity index (χ4v) is 24.5. The van der Waals surface area contributed by atoms with Gasteiger partial charge in [-0.1, -0.05) is 530 Å². The molecule has 0 heterocycles. The van der Waals surface area contributed by atoms with E-state index >= 15 is 0 Å². The Hall–Kier alpha value is -3.57. The van der Waals surface area contributed by atoms with Crippen LogP contribution >= 0.6 is 64.8 Å². The van der Waals surface area contributed by atoms with Crippen LogP contribution in [0.1, 0.15) is 562 Å². The molecule has 1 aromatic rings. The van der Waals surface area contributed by atoms with E-state index in [4.69, 9.17) is 28.4 Å². The molecule has 0 aromatic heterocycles. The van der Waals surface area contributed by atoms with Crippen LogP contribution in [-0.4, -0.2) is 201 Å². The quantitative estimate of drug-likeness (QED) is 0.0237. The van der Waals surface area contributed by atoms with Crippen molar-refractivity contribution in [2.45, 2.75) is 562 Å². The monoisotopic (exact) mass is 2220 g/mol. The standard InChI is InChI=1S/C123H228N6O15S6/c1-7-13-19-25-31-37-43-49-55-61-67-73-97-139-118(133)79-88-127(89-80-119(134)140-98-74-68-62-56-50-44-38-32-26-20-14-8-2)94-106-148-145-103-85-115(130)124-112-109-113(125-116(131)86-104-146-149-107-95-128(90-81-120(135)141-99-75-69-63-57-51-45-39-33-27-21-15-9-3)91-82-121(136)142-100-76-70-64-58-52-46-40-34-28-22-16-10-4)111-114(110-112)126-117(132)87-105-147-150-108-96-129(92-83-122(137)143-101-77-71-65-59-53-47-41-35-29-23-17-11-5)93-84-123(138)144-102-78-72-66-60-54-48-42-36-30-24-18-12-6/h109-111H,7-108H2,1-6H3,(H,124,130)(H,125,131)(H,126,132). The number of ether oxygens (including phenoxy) is 6. The van der Waals surface area contributed by atoms with Crippen molar-refractivity contribution in [1.29, 1.82) is 0 Å². The lowest BCUT2D eigenvalue weighted by atomic mass is 10.1. The summed E-state index contributed by atoms with van der Waals surface area (Å²) in [5, 5.41) is 9.14. The third kappa shape index (κ3) is 106. The molecular formula is C123H228N6O15S6. The largest absolute Gasteiger partial charge is 0.466 e. The Bertz CT molecular complexity index is 2760. The number of benzene rings is 1. The van der Waals surface area contributed by atoms with Crippen molar-refractivity contribution in [1.82, 2.24) is 14.7 Å². The highest BCUT2D eigenvalue weighted by molar-refractivity contribution is 8.77. The Morgan fingerprint density at radius 3 is 0.440 bits per heavy atom. The van der Waals surface area contributed by atoms with E-state index in [0.717, 1.165) is 116 Å². The van der Waals surface area contributed by atoms with Gasteiger partial charge in [-0.2, -0.15) is 0 Å². The van der Waals surface area contributed by atoms with Crippen LogP contribution in [0.4, 0.5) is 17.1 Å². The molecule has 0 fully saturated rings. The molecule has 1 aromatic carbocycles. The Morgan fingerprint density at radius 2 is 0.300 bits per heavy atom. The fourth-order valence-electron chi connectivity index (χ4n) is 18.5. The zero-order chi connectivity index (χ0) is 109. The van der Waals surface area contributed by atoms with Gasteiger partial charge in [-0.3, -0.25) is 43.2 Å². The average Bonchev–Trinajstić information content (AvgIpc) is 0.849. The molecule has 0 aliphatic heterocycles. The minimum Gasteiger partial charge on any atom is -0.466 e. The maximum atomic E-state index is 13.9. The lowest BCUT2D eigenvalue weighted by Gasteiger charge is -2.21. The number of anilines is 3. The molecule has 0 aliphatic carbocycles. The third-order valence-corrected chi connectivity index (χ3v) is 35.3. The normalized spacial score (nSPS) is 11.5. The second kappa shape index (κ2) is 116. The van der Waals surface area contributed by atoms with E-state index in [1.54, 1.807) is 83.0 Å². The highest BCUT2D eigenvalue weighted by Gasteiger charge is 2.20. The minimum atomic E-state index is -0.238. The molecule has 0 bridgehead atoms. The zero-order valence-electron chi connectivity index (χ0n) is 97.3. The summed E-state index contributed by atoms with van der Waals surface area (Å²) in [6.45, 7) is 20.7. The lowest BCUT2D eigenvalue weighted by Crippen LogP contribution is -2.31. The SMILES string of the molecule is CCCCCCCCCCCCCCOC(=O)CCN(CCSSCCC(=O)Nc1cc(NC(=O)CCSSCCN(CCC(=O)OCCCCCCCCCCCCCC)CCC(=O)OCCCCCCCCCCCCCC)cc(NC(=O)CCSSCCN(CCC(=O)OCCCCCCCCCCCCCC)CCC(=O)OCCCCCCCCCCCCCC)c1)CCC(=O)OCCCCCCCCCCCCCC. The summed E-state index contributed by atoms with van der Waals surface area (Å²) in [4.78, 5) is 127. The van der Waals surface area contributed by atoms with Gasteiger partial charge in [-0.15, -0.1) is 0 Å². The summed E-state index contributed by atoms with van der Waals surface area (Å²) in [6.07, 6.45) is 90.9. The van der Waals surface area contributed by atoms with Gasteiger partial charge in [-0.05, 0) is 56.7 Å². The molecule has 0 spiro atoms. The molecule has 0 unspecified atom stereocenters. The van der Waals surface area contributed by atoms with Gasteiger partial charge < -0.3 is 59.1 Å². The molecule has 876 valence electrons. The number of carbonyl (C=O) groups excluding carboxylic acids is 9. The number of hydrogen-bond donors (Lipinski definition) is 3. The number of esters is 6. The van der Waals surface area contributed by atoms with E-state index in [9.17, 15) is 43.2 Å². The van der Waals surface area contributed by atoms with Gasteiger partial charge in [0.25, 0.3) is 0 Å². The molecule has 0 radical (unpaired) electrons. The summed E-state index contributed by atoms with van der Waals surface area (Å²) < 4.78 is 34.3. The number of unbranched alkanes of at least 4 members (excludes halogenated alkanes) is 66. The van der Waals surface area contributed by atoms with Crippen molar-refractivity contribution < 1.29 is 71.6 Å². The fraction of sp³-hybridized carbons (Fsp3) is 0.878. The third-order valence-electron chi connectivity index (χ3n) is 28.1. The van der Waals surface area contributed by atoms with Gasteiger partial charge in [0.1, 0.15) is 0 Å². The summed E-state index contributed by atoms with van der Waals surface area (Å²) >= 11 is 0. The number of nitrogens with zero attached hydrogens (tertiary/aromatic N) is 3. The summed E-state index contributed by atoms with van der Waals surface area (Å²) in [7, 11) is 9.64. The van der Waals surface area contributed by atoms with Gasteiger partial charge in [0.2, 0.25) is 17.7 Å². The molecule has 0 atom stereocenters. The van der Waals surface area contributed by atoms with E-state index in [1.165, 1.54) is 347 Å². The van der Waals surface area contributed by atoms with Crippen LogP contribution in [0, 0.1) is 0 Å². The van der Waals surface area contributed by atoms with Crippen molar-refractivity contribution in [2.24, 2.45) is 0 Å². The van der Waals surface area contributed by atoms with Gasteiger partial charge in [0.15, 0.2) is 0 Å². The van der Waals surface area contributed by atoms with E-state index in [1.807, 2.05) is 0 Å². The van der Waals surface area contributed by atoms with Crippen molar-refractivity contribution in [3.8, 4) is 0 Å². The Kier molecular flexibility index (Phi) is 112. The lowest BCUT2D eigenvalue weighted by molar-refractivity contribution is -0.146. The van der Waals surface area contributed by atoms with E-state index in [2.05, 4.69) is 72.2 Å². The van der Waals surface area contributed by atoms with Crippen LogP contribution < -0.4 is 16.0 Å². The van der Waals surface area contributed by atoms with E-state index in [-0.39, 0.29) is 111 Å². The summed E-state index contributed by atoms with van der Waals surface area (Å²) in [5.74, 6) is 1.51. The van der Waals surface area contributed by atoms with Gasteiger partial charge in [0.05, 0.1) is 78.2 Å². The number of carbonyl (C=O) groups is 9. The van der Waals surface area contributed by atoms with Crippen LogP contribution in [0.15, 0.2) is 18.2 Å².